The SMILES string of the molecule is CCCCCC/C=C/CCCCCCCCCC(=O)O[C@H](COC(=O)CCCCCCCCCCCCCC)CO[C@H]1O[C@H](CS(=O)(=O)O)[C@@H](O)C(O)C1O. The van der Waals surface area contributed by atoms with E-state index in [0.717, 1.165) is 51.4 Å². The average molecular weight is 807 g/mol. The Morgan fingerprint density at radius 3 is 1.53 bits per heavy atom. The highest BCUT2D eigenvalue weighted by Gasteiger charge is 2.46. The minimum Gasteiger partial charge on any atom is -0.462 e. The molecule has 0 aromatic rings. The van der Waals surface area contributed by atoms with Crippen molar-refractivity contribution in [1.29, 1.82) is 0 Å². The Morgan fingerprint density at radius 2 is 1.04 bits per heavy atom. The van der Waals surface area contributed by atoms with Crippen LogP contribution in [0.15, 0.2) is 12.2 Å². The summed E-state index contributed by atoms with van der Waals surface area (Å²) in [6.07, 6.45) is 24.0. The van der Waals surface area contributed by atoms with Crippen LogP contribution in [-0.2, 0) is 38.7 Å². The Hall–Kier alpha value is -1.61. The zero-order chi connectivity index (χ0) is 40.6. The maximum atomic E-state index is 12.8. The van der Waals surface area contributed by atoms with Crippen molar-refractivity contribution in [2.24, 2.45) is 0 Å². The molecule has 0 spiro atoms. The molecule has 13 heteroatoms. The first-order valence-electron chi connectivity index (χ1n) is 21.7. The van der Waals surface area contributed by atoms with E-state index in [-0.39, 0.29) is 19.4 Å². The van der Waals surface area contributed by atoms with Crippen LogP contribution in [0.1, 0.15) is 187 Å². The molecule has 55 heavy (non-hydrogen) atoms. The predicted octanol–water partition coefficient (Wildman–Crippen LogP) is 8.28. The van der Waals surface area contributed by atoms with Crippen LogP contribution in [0.4, 0.5) is 0 Å². The second-order valence-electron chi connectivity index (χ2n) is 15.4. The molecular weight excluding hydrogens is 729 g/mol. The van der Waals surface area contributed by atoms with Crippen LogP contribution in [0, 0.1) is 0 Å². The van der Waals surface area contributed by atoms with Crippen molar-refractivity contribution in [3.8, 4) is 0 Å². The molecule has 1 fully saturated rings. The molecule has 1 saturated heterocycles. The minimum atomic E-state index is -4.60. The smallest absolute Gasteiger partial charge is 0.306 e. The molecule has 1 rings (SSSR count). The third-order valence-corrected chi connectivity index (χ3v) is 10.8. The van der Waals surface area contributed by atoms with Gasteiger partial charge in [-0.2, -0.15) is 8.42 Å². The summed E-state index contributed by atoms with van der Waals surface area (Å²) in [7, 11) is -4.60. The van der Waals surface area contributed by atoms with Crippen molar-refractivity contribution in [2.45, 2.75) is 224 Å². The number of rotatable bonds is 36. The number of ether oxygens (including phenoxy) is 4. The maximum Gasteiger partial charge on any atom is 0.306 e. The fraction of sp³-hybridized carbons (Fsp3) is 0.905. The van der Waals surface area contributed by atoms with E-state index in [1.54, 1.807) is 0 Å². The fourth-order valence-corrected chi connectivity index (χ4v) is 7.36. The van der Waals surface area contributed by atoms with Crippen LogP contribution in [0.3, 0.4) is 0 Å². The number of aliphatic hydroxyl groups is 3. The van der Waals surface area contributed by atoms with Gasteiger partial charge in [-0.3, -0.25) is 14.1 Å². The summed E-state index contributed by atoms with van der Waals surface area (Å²) in [5.41, 5.74) is 0. The van der Waals surface area contributed by atoms with Crippen LogP contribution in [0.25, 0.3) is 0 Å². The summed E-state index contributed by atoms with van der Waals surface area (Å²) in [5, 5.41) is 30.8. The molecule has 0 aromatic carbocycles. The molecule has 0 amide bonds. The van der Waals surface area contributed by atoms with Gasteiger partial charge >= 0.3 is 11.9 Å². The molecule has 1 aliphatic rings. The maximum absolute atomic E-state index is 12.8. The third kappa shape index (κ3) is 28.4. The van der Waals surface area contributed by atoms with Gasteiger partial charge in [0.05, 0.1) is 6.61 Å². The van der Waals surface area contributed by atoms with Crippen molar-refractivity contribution in [2.75, 3.05) is 19.0 Å². The van der Waals surface area contributed by atoms with E-state index in [1.807, 2.05) is 0 Å². The number of esters is 2. The first kappa shape index (κ1) is 51.4. The van der Waals surface area contributed by atoms with Gasteiger partial charge < -0.3 is 34.3 Å². The highest BCUT2D eigenvalue weighted by molar-refractivity contribution is 7.85. The zero-order valence-corrected chi connectivity index (χ0v) is 35.1. The van der Waals surface area contributed by atoms with Crippen LogP contribution in [0.2, 0.25) is 0 Å². The lowest BCUT2D eigenvalue weighted by Crippen LogP contribution is -2.60. The van der Waals surface area contributed by atoms with Crippen LogP contribution in [0.5, 0.6) is 0 Å². The Bertz CT molecular complexity index is 1080. The molecule has 1 aliphatic heterocycles. The molecule has 12 nitrogen and oxygen atoms in total. The minimum absolute atomic E-state index is 0.163. The Kier molecular flexibility index (Phi) is 31.2. The Morgan fingerprint density at radius 1 is 0.600 bits per heavy atom. The van der Waals surface area contributed by atoms with E-state index in [2.05, 4.69) is 26.0 Å². The number of allylic oxidation sites excluding steroid dienone is 2. The summed E-state index contributed by atoms with van der Waals surface area (Å²) in [6, 6.07) is 0. The van der Waals surface area contributed by atoms with Gasteiger partial charge in [-0.05, 0) is 38.5 Å². The van der Waals surface area contributed by atoms with Gasteiger partial charge in [0.1, 0.15) is 36.8 Å². The molecule has 324 valence electrons. The lowest BCUT2D eigenvalue weighted by Gasteiger charge is -2.40. The largest absolute Gasteiger partial charge is 0.462 e. The quantitative estimate of drug-likeness (QED) is 0.0206. The van der Waals surface area contributed by atoms with Crippen LogP contribution >= 0.6 is 0 Å². The number of hydrogen-bond acceptors (Lipinski definition) is 11. The van der Waals surface area contributed by atoms with Gasteiger partial charge in [0, 0.05) is 12.8 Å². The summed E-state index contributed by atoms with van der Waals surface area (Å²) in [6.45, 7) is 3.74. The van der Waals surface area contributed by atoms with Gasteiger partial charge in [-0.25, -0.2) is 0 Å². The first-order valence-corrected chi connectivity index (χ1v) is 23.4. The second kappa shape index (κ2) is 33.4. The summed E-state index contributed by atoms with van der Waals surface area (Å²) < 4.78 is 54.0. The zero-order valence-electron chi connectivity index (χ0n) is 34.3. The molecule has 0 radical (unpaired) electrons. The van der Waals surface area contributed by atoms with Gasteiger partial charge in [-0.1, -0.05) is 148 Å². The van der Waals surface area contributed by atoms with Crippen molar-refractivity contribution >= 4 is 22.1 Å². The van der Waals surface area contributed by atoms with Crippen molar-refractivity contribution in [3.63, 3.8) is 0 Å². The van der Waals surface area contributed by atoms with Crippen LogP contribution < -0.4 is 0 Å². The lowest BCUT2D eigenvalue weighted by molar-refractivity contribution is -0.297. The highest BCUT2D eigenvalue weighted by Crippen LogP contribution is 2.24. The summed E-state index contributed by atoms with van der Waals surface area (Å²) in [5.74, 6) is -1.98. The number of unbranched alkanes of at least 4 members (excludes halogenated alkanes) is 22. The molecule has 0 bridgehead atoms. The fourth-order valence-electron chi connectivity index (χ4n) is 6.67. The third-order valence-electron chi connectivity index (χ3n) is 10.1. The average Bonchev–Trinajstić information content (AvgIpc) is 3.14. The molecule has 6 atom stereocenters. The van der Waals surface area contributed by atoms with E-state index in [1.165, 1.54) is 96.3 Å². The standard InChI is InChI=1S/C42H78O12S/c1-3-5-7-9-11-13-15-17-18-19-21-23-25-27-29-31-38(44)53-35(33-52-42-41(47)40(46)39(45)36(54-42)34-55(48,49)50)32-51-37(43)30-28-26-24-22-20-16-14-12-10-8-6-4-2/h13,15,35-36,39-42,45-47H,3-12,14,16-34H2,1-2H3,(H,48,49,50)/b15-13+/t35-,36-,39-,40?,41?,42+/m1/s1. The van der Waals surface area contributed by atoms with Gasteiger partial charge in [-0.15, -0.1) is 0 Å². The van der Waals surface area contributed by atoms with E-state index in [4.69, 9.17) is 18.9 Å². The van der Waals surface area contributed by atoms with Gasteiger partial charge in [0.15, 0.2) is 12.4 Å². The highest BCUT2D eigenvalue weighted by atomic mass is 32.2. The van der Waals surface area contributed by atoms with Crippen LogP contribution in [-0.4, -0.2) is 96.0 Å². The Balaban J connectivity index is 2.47. The van der Waals surface area contributed by atoms with E-state index < -0.39 is 71.2 Å². The molecular formula is C42H78O12S. The monoisotopic (exact) mass is 807 g/mol. The molecule has 2 unspecified atom stereocenters. The van der Waals surface area contributed by atoms with E-state index >= 15 is 0 Å². The predicted molar refractivity (Wildman–Crippen MR) is 215 cm³/mol. The van der Waals surface area contributed by atoms with Gasteiger partial charge in [0.25, 0.3) is 10.1 Å². The normalized spacial score (nSPS) is 20.9. The second-order valence-corrected chi connectivity index (χ2v) is 16.9. The molecule has 0 saturated carbocycles. The molecule has 0 aromatic heterocycles. The number of hydrogen-bond donors (Lipinski definition) is 4. The van der Waals surface area contributed by atoms with E-state index in [9.17, 15) is 37.9 Å². The number of carbonyl (C=O) groups is 2. The van der Waals surface area contributed by atoms with Crippen molar-refractivity contribution in [1.82, 2.24) is 0 Å². The topological polar surface area (TPSA) is 186 Å². The van der Waals surface area contributed by atoms with E-state index in [0.29, 0.717) is 12.8 Å². The van der Waals surface area contributed by atoms with Gasteiger partial charge in [0.2, 0.25) is 0 Å². The van der Waals surface area contributed by atoms with Crippen molar-refractivity contribution < 1.29 is 56.8 Å². The first-order chi connectivity index (χ1) is 26.5. The van der Waals surface area contributed by atoms with Crippen molar-refractivity contribution in [3.05, 3.63) is 12.2 Å². The number of aliphatic hydroxyl groups excluding tert-OH is 3. The lowest BCUT2D eigenvalue weighted by atomic mass is 10.00. The number of carbonyl (C=O) groups excluding carboxylic acids is 2. The molecule has 1 heterocycles. The summed E-state index contributed by atoms with van der Waals surface area (Å²) >= 11 is 0. The summed E-state index contributed by atoms with van der Waals surface area (Å²) in [4.78, 5) is 25.3. The molecule has 0 aliphatic carbocycles. The Labute approximate surface area is 333 Å². The molecule has 4 N–H and O–H groups in total.